The molecule has 1 saturated heterocycles. The Balaban J connectivity index is 1.13. The molecule has 6 nitrogen and oxygen atoms in total. The highest BCUT2D eigenvalue weighted by atomic mass is 32.1. The van der Waals surface area contributed by atoms with E-state index in [0.717, 1.165) is 40.1 Å². The molecule has 2 fully saturated rings. The first-order chi connectivity index (χ1) is 15.0. The van der Waals surface area contributed by atoms with E-state index >= 15 is 0 Å². The minimum atomic E-state index is -0.149. The Kier molecular flexibility index (Phi) is 5.32. The van der Waals surface area contributed by atoms with Crippen LogP contribution < -0.4 is 15.8 Å². The number of carbonyl (C=O) groups is 1. The van der Waals surface area contributed by atoms with Crippen molar-refractivity contribution in [2.24, 2.45) is 0 Å². The van der Waals surface area contributed by atoms with E-state index in [0.29, 0.717) is 23.7 Å². The van der Waals surface area contributed by atoms with Crippen LogP contribution in [0.4, 0.5) is 5.69 Å². The number of aromatic nitrogens is 1. The molecule has 3 aromatic rings. The Morgan fingerprint density at radius 2 is 2.10 bits per heavy atom. The zero-order chi connectivity index (χ0) is 21.4. The monoisotopic (exact) mass is 437 g/mol. The molecular formula is C24H27N3O3S. The molecule has 7 heteroatoms. The average Bonchev–Trinajstić information content (AvgIpc) is 3.31. The molecule has 1 aliphatic carbocycles. The summed E-state index contributed by atoms with van der Waals surface area (Å²) in [4.78, 5) is 18.4. The number of thiophene rings is 1. The standard InChI is InChI=1S/C24H27N3O3S/c1-15-3-8-19-20(25)21(31-23(19)27-15)22(28)26-12-9-16-4-6-17(7-5-16)30-18-13-24(29-14-18)10-2-11-24/h3-8,18H,2,9-14,25H2,1H3,(H,26,28)/t18-/m0/s1. The third-order valence-corrected chi connectivity index (χ3v) is 7.42. The topological polar surface area (TPSA) is 86.5 Å². The van der Waals surface area contributed by atoms with Crippen LogP contribution in [-0.4, -0.2) is 35.7 Å². The fourth-order valence-corrected chi connectivity index (χ4v) is 5.44. The minimum Gasteiger partial charge on any atom is -0.488 e. The first-order valence-electron chi connectivity index (χ1n) is 10.8. The van der Waals surface area contributed by atoms with E-state index in [1.54, 1.807) is 0 Å². The van der Waals surface area contributed by atoms with Gasteiger partial charge >= 0.3 is 0 Å². The molecule has 0 unspecified atom stereocenters. The fraction of sp³-hybridized carbons (Fsp3) is 0.417. The second kappa shape index (κ2) is 8.13. The number of hydrogen-bond acceptors (Lipinski definition) is 6. The number of rotatable bonds is 6. The van der Waals surface area contributed by atoms with Gasteiger partial charge < -0.3 is 20.5 Å². The van der Waals surface area contributed by atoms with Crippen molar-refractivity contribution in [2.75, 3.05) is 18.9 Å². The quantitative estimate of drug-likeness (QED) is 0.602. The Labute approximate surface area is 185 Å². The van der Waals surface area contributed by atoms with Crippen molar-refractivity contribution in [2.45, 2.75) is 50.7 Å². The molecule has 1 saturated carbocycles. The number of nitrogen functional groups attached to an aromatic ring is 1. The molecule has 31 heavy (non-hydrogen) atoms. The van der Waals surface area contributed by atoms with E-state index in [2.05, 4.69) is 22.4 Å². The van der Waals surface area contributed by atoms with Crippen molar-refractivity contribution in [3.63, 3.8) is 0 Å². The van der Waals surface area contributed by atoms with E-state index in [9.17, 15) is 4.79 Å². The lowest BCUT2D eigenvalue weighted by Gasteiger charge is -2.36. The molecule has 2 aromatic heterocycles. The molecule has 1 aromatic carbocycles. The maximum absolute atomic E-state index is 12.6. The van der Waals surface area contributed by atoms with Crippen LogP contribution in [-0.2, 0) is 11.2 Å². The molecule has 1 atom stereocenters. The third-order valence-electron chi connectivity index (χ3n) is 6.30. The van der Waals surface area contributed by atoms with E-state index in [1.165, 1.54) is 30.6 Å². The first kappa shape index (κ1) is 20.3. The predicted molar refractivity (Wildman–Crippen MR) is 123 cm³/mol. The molecule has 2 aliphatic rings. The maximum Gasteiger partial charge on any atom is 0.263 e. The highest BCUT2D eigenvalue weighted by Gasteiger charge is 2.45. The largest absolute Gasteiger partial charge is 0.488 e. The normalized spacial score (nSPS) is 19.5. The maximum atomic E-state index is 12.6. The minimum absolute atomic E-state index is 0.107. The number of ether oxygens (including phenoxy) is 2. The number of pyridine rings is 1. The summed E-state index contributed by atoms with van der Waals surface area (Å²) in [5.74, 6) is 0.725. The lowest BCUT2D eigenvalue weighted by atomic mass is 9.78. The van der Waals surface area contributed by atoms with Crippen molar-refractivity contribution < 1.29 is 14.3 Å². The van der Waals surface area contributed by atoms with Crippen LogP contribution in [0.25, 0.3) is 10.2 Å². The molecular weight excluding hydrogens is 410 g/mol. The zero-order valence-electron chi connectivity index (χ0n) is 17.6. The van der Waals surface area contributed by atoms with Crippen LogP contribution >= 0.6 is 11.3 Å². The molecule has 0 bridgehead atoms. The highest BCUT2D eigenvalue weighted by molar-refractivity contribution is 7.21. The Morgan fingerprint density at radius 1 is 1.29 bits per heavy atom. The van der Waals surface area contributed by atoms with Gasteiger partial charge in [-0.1, -0.05) is 12.1 Å². The molecule has 3 N–H and O–H groups in total. The van der Waals surface area contributed by atoms with Crippen LogP contribution in [0.3, 0.4) is 0 Å². The number of nitrogens with zero attached hydrogens (tertiary/aromatic N) is 1. The summed E-state index contributed by atoms with van der Waals surface area (Å²) in [5.41, 5.74) is 8.84. The van der Waals surface area contributed by atoms with Crippen molar-refractivity contribution in [3.05, 3.63) is 52.5 Å². The summed E-state index contributed by atoms with van der Waals surface area (Å²) >= 11 is 1.34. The predicted octanol–water partition coefficient (Wildman–Crippen LogP) is 4.25. The summed E-state index contributed by atoms with van der Waals surface area (Å²) in [5, 5.41) is 3.82. The number of nitrogens with two attached hydrogens (primary N) is 1. The van der Waals surface area contributed by atoms with E-state index in [1.807, 2.05) is 31.2 Å². The average molecular weight is 438 g/mol. The number of anilines is 1. The van der Waals surface area contributed by atoms with Gasteiger partial charge in [0.2, 0.25) is 0 Å². The zero-order valence-corrected chi connectivity index (χ0v) is 18.5. The molecule has 5 rings (SSSR count). The molecule has 162 valence electrons. The number of fused-ring (bicyclic) bond motifs is 1. The van der Waals surface area contributed by atoms with E-state index in [-0.39, 0.29) is 17.6 Å². The van der Waals surface area contributed by atoms with Crippen molar-refractivity contribution in [1.29, 1.82) is 0 Å². The molecule has 1 aliphatic heterocycles. The highest BCUT2D eigenvalue weighted by Crippen LogP contribution is 2.44. The fourth-order valence-electron chi connectivity index (χ4n) is 4.38. The summed E-state index contributed by atoms with van der Waals surface area (Å²) < 4.78 is 12.1. The molecule has 1 amide bonds. The molecule has 0 radical (unpaired) electrons. The molecule has 1 spiro atoms. The summed E-state index contributed by atoms with van der Waals surface area (Å²) in [7, 11) is 0. The van der Waals surface area contributed by atoms with Gasteiger partial charge in [-0.2, -0.15) is 0 Å². The van der Waals surface area contributed by atoms with Gasteiger partial charge in [-0.05, 0) is 62.4 Å². The van der Waals surface area contributed by atoms with Crippen LogP contribution in [0.2, 0.25) is 0 Å². The molecule has 3 heterocycles. The van der Waals surface area contributed by atoms with E-state index in [4.69, 9.17) is 15.2 Å². The second-order valence-corrected chi connectivity index (χ2v) is 9.59. The number of benzene rings is 1. The van der Waals surface area contributed by atoms with Crippen LogP contribution in [0.1, 0.15) is 46.6 Å². The Morgan fingerprint density at radius 3 is 2.81 bits per heavy atom. The lowest BCUT2D eigenvalue weighted by Crippen LogP contribution is -2.36. The van der Waals surface area contributed by atoms with Crippen molar-refractivity contribution in [3.8, 4) is 5.75 Å². The van der Waals surface area contributed by atoms with Gasteiger partial charge in [-0.25, -0.2) is 4.98 Å². The van der Waals surface area contributed by atoms with Crippen molar-refractivity contribution in [1.82, 2.24) is 10.3 Å². The summed E-state index contributed by atoms with van der Waals surface area (Å²) in [6.07, 6.45) is 5.49. The van der Waals surface area contributed by atoms with Gasteiger partial charge in [-0.3, -0.25) is 4.79 Å². The number of nitrogens with one attached hydrogen (secondary N) is 1. The van der Waals surface area contributed by atoms with Gasteiger partial charge in [0, 0.05) is 24.0 Å². The number of carbonyl (C=O) groups excluding carboxylic acids is 1. The third kappa shape index (κ3) is 4.12. The van der Waals surface area contributed by atoms with Crippen LogP contribution in [0, 0.1) is 6.92 Å². The Bertz CT molecular complexity index is 1110. The lowest BCUT2D eigenvalue weighted by molar-refractivity contribution is -0.0567. The second-order valence-electron chi connectivity index (χ2n) is 8.59. The number of hydrogen-bond donors (Lipinski definition) is 2. The summed E-state index contributed by atoms with van der Waals surface area (Å²) in [6, 6.07) is 11.9. The van der Waals surface area contributed by atoms with Crippen LogP contribution in [0.15, 0.2) is 36.4 Å². The van der Waals surface area contributed by atoms with Gasteiger partial charge in [0.15, 0.2) is 0 Å². The van der Waals surface area contributed by atoms with Crippen molar-refractivity contribution >= 4 is 33.1 Å². The van der Waals surface area contributed by atoms with Gasteiger partial charge in [0.25, 0.3) is 5.91 Å². The SMILES string of the molecule is Cc1ccc2c(N)c(C(=O)NCCc3ccc(O[C@@H]4COC5(CCC5)C4)cc3)sc2n1. The van der Waals surface area contributed by atoms with Gasteiger partial charge in [-0.15, -0.1) is 11.3 Å². The Hall–Kier alpha value is -2.64. The van der Waals surface area contributed by atoms with Gasteiger partial charge in [0.05, 0.1) is 17.9 Å². The summed E-state index contributed by atoms with van der Waals surface area (Å²) in [6.45, 7) is 3.15. The number of aryl methyl sites for hydroxylation is 1. The van der Waals surface area contributed by atoms with E-state index < -0.39 is 0 Å². The number of amides is 1. The van der Waals surface area contributed by atoms with Gasteiger partial charge in [0.1, 0.15) is 21.6 Å². The first-order valence-corrected chi connectivity index (χ1v) is 11.7. The van der Waals surface area contributed by atoms with Crippen LogP contribution in [0.5, 0.6) is 5.75 Å². The smallest absolute Gasteiger partial charge is 0.263 e.